The lowest BCUT2D eigenvalue weighted by Gasteiger charge is -2.23. The summed E-state index contributed by atoms with van der Waals surface area (Å²) in [5.41, 5.74) is 4.54. The third-order valence-electron chi connectivity index (χ3n) is 7.09. The first-order chi connectivity index (χ1) is 17.1. The molecule has 1 saturated carbocycles. The molecule has 2 aromatic heterocycles. The highest BCUT2D eigenvalue weighted by atomic mass is 19.1. The van der Waals surface area contributed by atoms with Gasteiger partial charge in [-0.1, -0.05) is 6.07 Å². The first kappa shape index (κ1) is 22.1. The van der Waals surface area contributed by atoms with Crippen molar-refractivity contribution in [2.45, 2.75) is 31.3 Å². The topological polar surface area (TPSA) is 97.5 Å². The van der Waals surface area contributed by atoms with Crippen LogP contribution in [0.15, 0.2) is 36.7 Å². The molecule has 1 aromatic carbocycles. The van der Waals surface area contributed by atoms with Crippen LogP contribution in [-0.2, 0) is 14.9 Å². The number of hydrogen-bond acceptors (Lipinski definition) is 6. The van der Waals surface area contributed by atoms with Gasteiger partial charge in [0.05, 0.1) is 43.0 Å². The Morgan fingerprint density at radius 3 is 2.97 bits per heavy atom. The molecule has 0 radical (unpaired) electrons. The summed E-state index contributed by atoms with van der Waals surface area (Å²) in [4.78, 5) is 20.9. The first-order valence-corrected chi connectivity index (χ1v) is 11.9. The third kappa shape index (κ3) is 3.94. The second kappa shape index (κ2) is 8.66. The molecule has 1 saturated heterocycles. The number of aromatic nitrogens is 2. The molecule has 182 valence electrons. The number of rotatable bonds is 6. The van der Waals surface area contributed by atoms with E-state index in [4.69, 9.17) is 14.2 Å². The number of nitrogens with one attached hydrogen (secondary N) is 3. The molecular formula is C26H27FN4O4. The predicted octanol–water partition coefficient (Wildman–Crippen LogP) is 3.84. The van der Waals surface area contributed by atoms with E-state index in [0.29, 0.717) is 66.9 Å². The summed E-state index contributed by atoms with van der Waals surface area (Å²) >= 11 is 0. The van der Waals surface area contributed by atoms with Crippen molar-refractivity contribution in [3.8, 4) is 17.0 Å². The van der Waals surface area contributed by atoms with Crippen LogP contribution < -0.4 is 15.4 Å². The maximum atomic E-state index is 14.3. The smallest absolute Gasteiger partial charge is 0.255 e. The zero-order chi connectivity index (χ0) is 24.0. The van der Waals surface area contributed by atoms with Gasteiger partial charge in [0.25, 0.3) is 5.91 Å². The van der Waals surface area contributed by atoms with Crippen LogP contribution in [0.5, 0.6) is 5.75 Å². The lowest BCUT2D eigenvalue weighted by Crippen LogP contribution is -2.39. The molecule has 3 N–H and O–H groups in total. The Morgan fingerprint density at radius 2 is 2.17 bits per heavy atom. The summed E-state index contributed by atoms with van der Waals surface area (Å²) in [5, 5.41) is 6.41. The SMILES string of the molecule is Cc1c(F)cccc1Nc1c(-c2ccncc2OC[C@H]2COCCO2)[nH]c2c1C(=O)NCC21CC1. The van der Waals surface area contributed by atoms with E-state index in [9.17, 15) is 9.18 Å². The Balaban J connectivity index is 1.44. The van der Waals surface area contributed by atoms with Crippen LogP contribution in [0.3, 0.4) is 0 Å². The minimum absolute atomic E-state index is 0.0871. The molecule has 1 atom stereocenters. The molecule has 4 heterocycles. The number of hydrogen-bond donors (Lipinski definition) is 3. The van der Waals surface area contributed by atoms with Crippen molar-refractivity contribution in [2.24, 2.45) is 0 Å². The third-order valence-corrected chi connectivity index (χ3v) is 7.09. The van der Waals surface area contributed by atoms with E-state index in [0.717, 1.165) is 24.1 Å². The maximum Gasteiger partial charge on any atom is 0.255 e. The standard InChI is InChI=1S/C26H27FN4O4/c1-15-18(27)3-2-4-19(15)30-23-21-24(26(6-7-26)14-29-25(21)32)31-22(23)17-5-8-28-11-20(17)35-13-16-12-33-9-10-34-16/h2-5,8,11,16,30-31H,6-7,9-10,12-14H2,1H3,(H,29,32)/t16-/m1/s1. The zero-order valence-electron chi connectivity index (χ0n) is 19.4. The van der Waals surface area contributed by atoms with Crippen molar-refractivity contribution in [3.63, 3.8) is 0 Å². The van der Waals surface area contributed by atoms with E-state index >= 15 is 0 Å². The molecule has 2 aliphatic heterocycles. The Kier molecular flexibility index (Phi) is 5.46. The maximum absolute atomic E-state index is 14.3. The fraction of sp³-hybridized carbons (Fsp3) is 0.385. The van der Waals surface area contributed by atoms with Crippen LogP contribution in [0, 0.1) is 12.7 Å². The second-order valence-corrected chi connectivity index (χ2v) is 9.38. The van der Waals surface area contributed by atoms with Crippen LogP contribution in [0.4, 0.5) is 15.8 Å². The Morgan fingerprint density at radius 1 is 1.29 bits per heavy atom. The molecule has 1 amide bonds. The summed E-state index contributed by atoms with van der Waals surface area (Å²) in [6.07, 6.45) is 5.17. The van der Waals surface area contributed by atoms with E-state index in [1.165, 1.54) is 6.07 Å². The average molecular weight is 479 g/mol. The van der Waals surface area contributed by atoms with Crippen molar-refractivity contribution in [1.29, 1.82) is 0 Å². The van der Waals surface area contributed by atoms with Crippen LogP contribution in [0.25, 0.3) is 11.3 Å². The van der Waals surface area contributed by atoms with Gasteiger partial charge in [-0.15, -0.1) is 0 Å². The Bertz CT molecular complexity index is 1280. The number of ether oxygens (including phenoxy) is 3. The number of nitrogens with zero attached hydrogens (tertiary/aromatic N) is 1. The Labute approximate surface area is 202 Å². The van der Waals surface area contributed by atoms with E-state index < -0.39 is 0 Å². The quantitative estimate of drug-likeness (QED) is 0.498. The van der Waals surface area contributed by atoms with Gasteiger partial charge in [-0.3, -0.25) is 9.78 Å². The van der Waals surface area contributed by atoms with E-state index in [-0.39, 0.29) is 23.2 Å². The van der Waals surface area contributed by atoms with Gasteiger partial charge in [-0.2, -0.15) is 0 Å². The monoisotopic (exact) mass is 478 g/mol. The highest BCUT2D eigenvalue weighted by Crippen LogP contribution is 2.54. The van der Waals surface area contributed by atoms with Gasteiger partial charge in [0.2, 0.25) is 0 Å². The van der Waals surface area contributed by atoms with E-state index in [2.05, 4.69) is 20.6 Å². The second-order valence-electron chi connectivity index (χ2n) is 9.38. The average Bonchev–Trinajstić information content (AvgIpc) is 3.56. The van der Waals surface area contributed by atoms with Gasteiger partial charge in [0.15, 0.2) is 0 Å². The molecule has 3 aliphatic rings. The number of aromatic amines is 1. The summed E-state index contributed by atoms with van der Waals surface area (Å²) in [6, 6.07) is 6.73. The number of pyridine rings is 1. The van der Waals surface area contributed by atoms with E-state index in [1.807, 2.05) is 6.07 Å². The van der Waals surface area contributed by atoms with Gasteiger partial charge < -0.3 is 29.8 Å². The molecule has 0 bridgehead atoms. The minimum atomic E-state index is -0.313. The summed E-state index contributed by atoms with van der Waals surface area (Å²) < 4.78 is 31.7. The lowest BCUT2D eigenvalue weighted by molar-refractivity contribution is -0.101. The number of anilines is 2. The zero-order valence-corrected chi connectivity index (χ0v) is 19.4. The number of carbonyl (C=O) groups is 1. The normalized spacial score (nSPS) is 20.3. The minimum Gasteiger partial charge on any atom is -0.488 e. The van der Waals surface area contributed by atoms with Crippen LogP contribution in [-0.4, -0.2) is 55.0 Å². The van der Waals surface area contributed by atoms with Crippen LogP contribution in [0.2, 0.25) is 0 Å². The number of halogens is 1. The Hall–Kier alpha value is -3.43. The molecule has 2 fully saturated rings. The molecule has 3 aromatic rings. The van der Waals surface area contributed by atoms with Gasteiger partial charge in [0.1, 0.15) is 24.3 Å². The first-order valence-electron chi connectivity index (χ1n) is 11.9. The predicted molar refractivity (Wildman–Crippen MR) is 128 cm³/mol. The number of H-pyrrole nitrogens is 1. The fourth-order valence-electron chi connectivity index (χ4n) is 4.85. The molecule has 1 spiro atoms. The highest BCUT2D eigenvalue weighted by molar-refractivity contribution is 6.07. The molecule has 8 nitrogen and oxygen atoms in total. The van der Waals surface area contributed by atoms with Crippen molar-refractivity contribution in [2.75, 3.05) is 38.3 Å². The summed E-state index contributed by atoms with van der Waals surface area (Å²) in [6.45, 7) is 4.23. The molecule has 35 heavy (non-hydrogen) atoms. The summed E-state index contributed by atoms with van der Waals surface area (Å²) in [7, 11) is 0. The van der Waals surface area contributed by atoms with Gasteiger partial charge >= 0.3 is 0 Å². The van der Waals surface area contributed by atoms with Crippen molar-refractivity contribution in [3.05, 3.63) is 59.3 Å². The molecule has 1 aliphatic carbocycles. The van der Waals surface area contributed by atoms with Crippen LogP contribution in [0.1, 0.15) is 34.5 Å². The van der Waals surface area contributed by atoms with Crippen molar-refractivity contribution in [1.82, 2.24) is 15.3 Å². The number of fused-ring (bicyclic) bond motifs is 2. The number of benzene rings is 1. The summed E-state index contributed by atoms with van der Waals surface area (Å²) in [5.74, 6) is 0.0945. The van der Waals surface area contributed by atoms with E-state index in [1.54, 1.807) is 31.5 Å². The van der Waals surface area contributed by atoms with Gasteiger partial charge in [0, 0.05) is 40.7 Å². The molecule has 6 rings (SSSR count). The highest BCUT2D eigenvalue weighted by Gasteiger charge is 2.51. The van der Waals surface area contributed by atoms with Gasteiger partial charge in [-0.25, -0.2) is 4.39 Å². The van der Waals surface area contributed by atoms with Crippen LogP contribution >= 0.6 is 0 Å². The van der Waals surface area contributed by atoms with Crippen molar-refractivity contribution < 1.29 is 23.4 Å². The molecule has 9 heteroatoms. The largest absolute Gasteiger partial charge is 0.488 e. The number of carbonyl (C=O) groups excluding carboxylic acids is 1. The lowest BCUT2D eigenvalue weighted by atomic mass is 9.93. The van der Waals surface area contributed by atoms with Crippen molar-refractivity contribution >= 4 is 17.3 Å². The van der Waals surface area contributed by atoms with Gasteiger partial charge in [-0.05, 0) is 38.0 Å². The number of amides is 1. The fourth-order valence-corrected chi connectivity index (χ4v) is 4.85. The molecular weight excluding hydrogens is 451 g/mol. The molecule has 0 unspecified atom stereocenters.